The molecule has 2 aliphatic rings. The summed E-state index contributed by atoms with van der Waals surface area (Å²) in [7, 11) is -0.101. The Labute approximate surface area is 80.5 Å². The first-order chi connectivity index (χ1) is 5.89. The number of nitrogens with zero attached hydrogens (tertiary/aromatic N) is 1. The van der Waals surface area contributed by atoms with Crippen LogP contribution in [0, 0.1) is 16.1 Å². The zero-order valence-corrected chi connectivity index (χ0v) is 9.19. The van der Waals surface area contributed by atoms with Crippen LogP contribution in [0.1, 0.15) is 12.8 Å². The monoisotopic (exact) mass is 202 g/mol. The van der Waals surface area contributed by atoms with Crippen molar-refractivity contribution in [2.75, 3.05) is 32.1 Å². The van der Waals surface area contributed by atoms with Gasteiger partial charge in [0.2, 0.25) is 0 Å². The van der Waals surface area contributed by atoms with Crippen LogP contribution < -0.4 is 0 Å². The molecule has 1 aliphatic carbocycles. The van der Waals surface area contributed by atoms with Crippen molar-refractivity contribution in [1.29, 1.82) is 4.78 Å². The Morgan fingerprint density at radius 1 is 1.54 bits per heavy atom. The van der Waals surface area contributed by atoms with Crippen molar-refractivity contribution in [2.45, 2.75) is 12.8 Å². The Bertz CT molecular complexity index is 296. The van der Waals surface area contributed by atoms with Gasteiger partial charge in [0.1, 0.15) is 0 Å². The highest BCUT2D eigenvalue weighted by molar-refractivity contribution is 7.91. The van der Waals surface area contributed by atoms with Crippen LogP contribution >= 0.6 is 0 Å². The van der Waals surface area contributed by atoms with Gasteiger partial charge >= 0.3 is 0 Å². The van der Waals surface area contributed by atoms with E-state index in [0.29, 0.717) is 17.1 Å². The fraction of sp³-hybridized carbons (Fsp3) is 1.00. The molecule has 0 aromatic rings. The molecule has 3 nitrogen and oxygen atoms in total. The van der Waals surface area contributed by atoms with Crippen LogP contribution in [0.4, 0.5) is 0 Å². The van der Waals surface area contributed by atoms with Crippen LogP contribution in [0.2, 0.25) is 0 Å². The highest BCUT2D eigenvalue weighted by Crippen LogP contribution is 2.51. The molecule has 1 spiro atoms. The summed E-state index contributed by atoms with van der Waals surface area (Å²) in [6.07, 6.45) is 3.98. The zero-order valence-electron chi connectivity index (χ0n) is 8.38. The fourth-order valence-corrected chi connectivity index (χ4v) is 4.22. The minimum absolute atomic E-state index is 0.573. The van der Waals surface area contributed by atoms with Crippen LogP contribution in [0.25, 0.3) is 0 Å². The van der Waals surface area contributed by atoms with Gasteiger partial charge in [0.25, 0.3) is 0 Å². The second kappa shape index (κ2) is 2.70. The molecule has 1 heterocycles. The second-order valence-electron chi connectivity index (χ2n) is 5.12. The lowest BCUT2D eigenvalue weighted by Crippen LogP contribution is -2.61. The van der Waals surface area contributed by atoms with E-state index in [0.717, 1.165) is 0 Å². The summed E-state index contributed by atoms with van der Waals surface area (Å²) in [6, 6.07) is 0. The van der Waals surface area contributed by atoms with Crippen molar-refractivity contribution in [1.82, 2.24) is 4.90 Å². The lowest BCUT2D eigenvalue weighted by Gasteiger charge is -2.58. The maximum atomic E-state index is 11.2. The number of likely N-dealkylation sites (tertiary alicyclic amines) is 1. The third-order valence-electron chi connectivity index (χ3n) is 3.21. The summed E-state index contributed by atoms with van der Waals surface area (Å²) in [6.45, 7) is 2.43. The highest BCUT2D eigenvalue weighted by atomic mass is 32.2. The van der Waals surface area contributed by atoms with Crippen molar-refractivity contribution in [3.8, 4) is 0 Å². The van der Waals surface area contributed by atoms with E-state index < -0.39 is 9.73 Å². The summed E-state index contributed by atoms with van der Waals surface area (Å²) < 4.78 is 18.6. The first kappa shape index (κ1) is 9.46. The molecule has 1 aliphatic heterocycles. The normalized spacial score (nSPS) is 32.2. The maximum Gasteiger partial charge on any atom is 0.0415 e. The average molecular weight is 202 g/mol. The van der Waals surface area contributed by atoms with Crippen LogP contribution in [0.15, 0.2) is 0 Å². The summed E-state index contributed by atoms with van der Waals surface area (Å²) in [5.74, 6) is 1.20. The van der Waals surface area contributed by atoms with E-state index in [1.165, 1.54) is 25.9 Å². The molecule has 2 rings (SSSR count). The molecule has 2 fully saturated rings. The molecule has 1 atom stereocenters. The van der Waals surface area contributed by atoms with E-state index in [1.807, 2.05) is 0 Å². The maximum absolute atomic E-state index is 11.2. The first-order valence-corrected chi connectivity index (χ1v) is 6.92. The van der Waals surface area contributed by atoms with Crippen molar-refractivity contribution >= 4 is 9.73 Å². The van der Waals surface area contributed by atoms with E-state index in [1.54, 1.807) is 6.26 Å². The molecular weight excluding hydrogens is 184 g/mol. The van der Waals surface area contributed by atoms with Crippen molar-refractivity contribution in [2.24, 2.45) is 11.3 Å². The van der Waals surface area contributed by atoms with Crippen molar-refractivity contribution in [3.05, 3.63) is 0 Å². The Balaban J connectivity index is 1.80. The predicted octanol–water partition coefficient (Wildman–Crippen LogP) is 1.00. The predicted molar refractivity (Wildman–Crippen MR) is 54.3 cm³/mol. The molecule has 0 bridgehead atoms. The van der Waals surface area contributed by atoms with E-state index in [-0.39, 0.29) is 0 Å². The smallest absolute Gasteiger partial charge is 0.0415 e. The highest BCUT2D eigenvalue weighted by Gasteiger charge is 2.50. The molecule has 1 unspecified atom stereocenters. The number of hydrogen-bond acceptors (Lipinski definition) is 3. The number of rotatable bonds is 2. The molecule has 4 heteroatoms. The lowest BCUT2D eigenvalue weighted by molar-refractivity contribution is -0.0746. The van der Waals surface area contributed by atoms with Gasteiger partial charge in [-0.05, 0) is 31.2 Å². The van der Waals surface area contributed by atoms with Crippen molar-refractivity contribution in [3.63, 3.8) is 0 Å². The van der Waals surface area contributed by atoms with Crippen LogP contribution in [-0.2, 0) is 9.73 Å². The van der Waals surface area contributed by atoms with Crippen LogP contribution in [0.5, 0.6) is 0 Å². The zero-order chi connectivity index (χ0) is 9.69. The largest absolute Gasteiger partial charge is 0.305 e. The van der Waals surface area contributed by atoms with Gasteiger partial charge in [0, 0.05) is 34.8 Å². The van der Waals surface area contributed by atoms with Gasteiger partial charge in [0.05, 0.1) is 0 Å². The van der Waals surface area contributed by atoms with Gasteiger partial charge in [-0.3, -0.25) is 8.99 Å². The molecule has 0 amide bonds. The molecule has 1 N–H and O–H groups in total. The SMILES string of the molecule is CN1CC2(CC(CS(C)(=N)=O)C2)C1. The van der Waals surface area contributed by atoms with Crippen LogP contribution in [0.3, 0.4) is 0 Å². The summed E-state index contributed by atoms with van der Waals surface area (Å²) >= 11 is 0. The first-order valence-electron chi connectivity index (χ1n) is 4.79. The van der Waals surface area contributed by atoms with Gasteiger partial charge in [-0.1, -0.05) is 0 Å². The van der Waals surface area contributed by atoms with Gasteiger partial charge < -0.3 is 4.90 Å². The molecule has 0 radical (unpaired) electrons. The molecule has 1 saturated carbocycles. The quantitative estimate of drug-likeness (QED) is 0.726. The Hall–Kier alpha value is -0.0900. The van der Waals surface area contributed by atoms with E-state index >= 15 is 0 Å². The van der Waals surface area contributed by atoms with E-state index in [2.05, 4.69) is 11.9 Å². The third kappa shape index (κ3) is 1.89. The molecule has 1 saturated heterocycles. The van der Waals surface area contributed by atoms with Gasteiger partial charge in [-0.25, -0.2) is 0 Å². The Morgan fingerprint density at radius 2 is 2.08 bits per heavy atom. The van der Waals surface area contributed by atoms with Gasteiger partial charge in [-0.2, -0.15) is 0 Å². The number of nitrogens with one attached hydrogen (secondary N) is 1. The van der Waals surface area contributed by atoms with Crippen LogP contribution in [-0.4, -0.2) is 41.3 Å². The van der Waals surface area contributed by atoms with Gasteiger partial charge in [0.15, 0.2) is 0 Å². The molecule has 0 aromatic carbocycles. The lowest BCUT2D eigenvalue weighted by atomic mass is 9.58. The van der Waals surface area contributed by atoms with Gasteiger partial charge in [-0.15, -0.1) is 0 Å². The van der Waals surface area contributed by atoms with Crippen molar-refractivity contribution < 1.29 is 4.21 Å². The molecule has 0 aromatic heterocycles. The molecule has 13 heavy (non-hydrogen) atoms. The summed E-state index contributed by atoms with van der Waals surface area (Å²) in [4.78, 5) is 2.33. The Morgan fingerprint density at radius 3 is 2.46 bits per heavy atom. The standard InChI is InChI=1S/C9H18N2OS/c1-11-6-9(7-11)3-8(4-9)5-13(2,10)12/h8,10H,3-7H2,1-2H3. The second-order valence-corrected chi connectivity index (χ2v) is 7.46. The average Bonchev–Trinajstić information content (AvgIpc) is 1.76. The van der Waals surface area contributed by atoms with E-state index in [4.69, 9.17) is 4.78 Å². The molecule has 76 valence electrons. The minimum atomic E-state index is -2.25. The fourth-order valence-electron chi connectivity index (χ4n) is 3.09. The summed E-state index contributed by atoms with van der Waals surface area (Å²) in [5.41, 5.74) is 0.574. The number of hydrogen-bond donors (Lipinski definition) is 1. The third-order valence-corrected chi connectivity index (χ3v) is 4.32. The topological polar surface area (TPSA) is 44.2 Å². The summed E-state index contributed by atoms with van der Waals surface area (Å²) in [5, 5.41) is 0. The van der Waals surface area contributed by atoms with E-state index in [9.17, 15) is 4.21 Å². The molecular formula is C9H18N2OS. The minimum Gasteiger partial charge on any atom is -0.305 e. The Kier molecular flexibility index (Phi) is 1.97.